The Morgan fingerprint density at radius 1 is 0.844 bits per heavy atom. The van der Waals surface area contributed by atoms with Crippen molar-refractivity contribution in [1.29, 1.82) is 0 Å². The minimum Gasteiger partial charge on any atom is -0.506 e. The van der Waals surface area contributed by atoms with Crippen LogP contribution in [-0.2, 0) is 10.0 Å². The molecule has 0 amide bonds. The van der Waals surface area contributed by atoms with Gasteiger partial charge in [0.1, 0.15) is 11.5 Å². The molecule has 0 saturated carbocycles. The summed E-state index contributed by atoms with van der Waals surface area (Å²) >= 11 is 1.38. The van der Waals surface area contributed by atoms with Gasteiger partial charge in [-0.1, -0.05) is 72.4 Å². The largest absolute Gasteiger partial charge is 0.506 e. The maximum atomic E-state index is 12.8. The Labute approximate surface area is 192 Å². The van der Waals surface area contributed by atoms with Crippen LogP contribution in [-0.4, -0.2) is 25.9 Å². The molecule has 7 heteroatoms. The standard InChI is InChI=1S/C25H23NO4S2/c27-25-22-15-8-7-14-21(22)23(18-24(25)31-20-12-5-2-6-13-20)26-32(28,29)17-9-16-30-19-10-3-1-4-11-19/h1-8,10-15,18,26-27H,9,16-17H2. The van der Waals surface area contributed by atoms with Crippen molar-refractivity contribution in [1.82, 2.24) is 0 Å². The van der Waals surface area contributed by atoms with Gasteiger partial charge in [-0.15, -0.1) is 0 Å². The number of benzene rings is 4. The van der Waals surface area contributed by atoms with E-state index < -0.39 is 10.0 Å². The lowest BCUT2D eigenvalue weighted by Gasteiger charge is -2.15. The molecule has 4 aromatic rings. The third-order valence-corrected chi connectivity index (χ3v) is 7.18. The summed E-state index contributed by atoms with van der Waals surface area (Å²) in [5, 5.41) is 12.0. The van der Waals surface area contributed by atoms with Gasteiger partial charge in [0, 0.05) is 15.7 Å². The van der Waals surface area contributed by atoms with Gasteiger partial charge in [-0.3, -0.25) is 4.72 Å². The maximum Gasteiger partial charge on any atom is 0.232 e. The van der Waals surface area contributed by atoms with Crippen LogP contribution in [0.1, 0.15) is 6.42 Å². The number of phenolic OH excluding ortho intramolecular Hbond substituents is 1. The molecule has 0 radical (unpaired) electrons. The summed E-state index contributed by atoms with van der Waals surface area (Å²) in [5.74, 6) is 0.773. The van der Waals surface area contributed by atoms with E-state index in [4.69, 9.17) is 4.74 Å². The van der Waals surface area contributed by atoms with Crippen LogP contribution in [0, 0.1) is 0 Å². The molecule has 2 N–H and O–H groups in total. The van der Waals surface area contributed by atoms with E-state index in [2.05, 4.69) is 4.72 Å². The first kappa shape index (κ1) is 22.0. The monoisotopic (exact) mass is 465 g/mol. The SMILES string of the molecule is O=S(=O)(CCCOc1ccccc1)Nc1cc(Sc2ccccc2)c(O)c2ccccc12. The van der Waals surface area contributed by atoms with Crippen molar-refractivity contribution in [2.24, 2.45) is 0 Å². The predicted molar refractivity (Wildman–Crippen MR) is 130 cm³/mol. The molecule has 5 nitrogen and oxygen atoms in total. The molecule has 0 spiro atoms. The number of ether oxygens (including phenoxy) is 1. The molecular formula is C25H23NO4S2. The first-order valence-corrected chi connectivity index (χ1v) is 12.6. The molecule has 0 aliphatic heterocycles. The zero-order valence-corrected chi connectivity index (χ0v) is 18.9. The molecule has 0 aliphatic rings. The summed E-state index contributed by atoms with van der Waals surface area (Å²) in [6, 6.07) is 27.8. The van der Waals surface area contributed by atoms with E-state index >= 15 is 0 Å². The van der Waals surface area contributed by atoms with Crippen molar-refractivity contribution in [3.63, 3.8) is 0 Å². The lowest BCUT2D eigenvalue weighted by Crippen LogP contribution is -2.18. The zero-order valence-electron chi connectivity index (χ0n) is 17.3. The van der Waals surface area contributed by atoms with Crippen molar-refractivity contribution >= 4 is 38.2 Å². The van der Waals surface area contributed by atoms with Gasteiger partial charge >= 0.3 is 0 Å². The number of phenols is 1. The van der Waals surface area contributed by atoms with E-state index in [0.717, 1.165) is 4.90 Å². The van der Waals surface area contributed by atoms with Gasteiger partial charge in [-0.05, 0) is 36.8 Å². The quantitative estimate of drug-likeness (QED) is 0.237. The molecule has 0 bridgehead atoms. The van der Waals surface area contributed by atoms with Crippen LogP contribution < -0.4 is 9.46 Å². The summed E-state index contributed by atoms with van der Waals surface area (Å²) in [4.78, 5) is 1.53. The molecule has 0 aliphatic carbocycles. The van der Waals surface area contributed by atoms with Gasteiger partial charge in [0.05, 0.1) is 22.9 Å². The molecule has 0 fully saturated rings. The van der Waals surface area contributed by atoms with Crippen LogP contribution in [0.3, 0.4) is 0 Å². The van der Waals surface area contributed by atoms with Crippen molar-refractivity contribution < 1.29 is 18.3 Å². The lowest BCUT2D eigenvalue weighted by molar-refractivity contribution is 0.318. The fraction of sp³-hybridized carbons (Fsp3) is 0.120. The number of anilines is 1. The van der Waals surface area contributed by atoms with E-state index in [9.17, 15) is 13.5 Å². The molecular weight excluding hydrogens is 442 g/mol. The average molecular weight is 466 g/mol. The van der Waals surface area contributed by atoms with Crippen molar-refractivity contribution in [2.75, 3.05) is 17.1 Å². The average Bonchev–Trinajstić information content (AvgIpc) is 2.81. The number of nitrogens with one attached hydrogen (secondary N) is 1. The molecule has 4 rings (SSSR count). The van der Waals surface area contributed by atoms with Gasteiger partial charge in [-0.2, -0.15) is 0 Å². The molecule has 0 heterocycles. The molecule has 0 saturated heterocycles. The van der Waals surface area contributed by atoms with Gasteiger partial charge in [-0.25, -0.2) is 8.42 Å². The Balaban J connectivity index is 1.52. The van der Waals surface area contributed by atoms with Crippen molar-refractivity contribution in [2.45, 2.75) is 16.2 Å². The highest BCUT2D eigenvalue weighted by Crippen LogP contribution is 2.42. The first-order valence-electron chi connectivity index (χ1n) is 10.2. The molecule has 0 aromatic heterocycles. The van der Waals surface area contributed by atoms with E-state index in [-0.39, 0.29) is 11.5 Å². The second-order valence-electron chi connectivity index (χ2n) is 7.17. The zero-order chi connectivity index (χ0) is 22.4. The molecule has 0 unspecified atom stereocenters. The second-order valence-corrected chi connectivity index (χ2v) is 10.1. The molecule has 0 atom stereocenters. The normalized spacial score (nSPS) is 11.4. The van der Waals surface area contributed by atoms with Crippen LogP contribution in [0.2, 0.25) is 0 Å². The minimum atomic E-state index is -3.60. The predicted octanol–water partition coefficient (Wildman–Crippen LogP) is 5.91. The summed E-state index contributed by atoms with van der Waals surface area (Å²) in [7, 11) is -3.60. The van der Waals surface area contributed by atoms with Gasteiger partial charge < -0.3 is 9.84 Å². The lowest BCUT2D eigenvalue weighted by atomic mass is 10.1. The van der Waals surface area contributed by atoms with E-state index in [1.54, 1.807) is 18.2 Å². The van der Waals surface area contributed by atoms with Gasteiger partial charge in [0.2, 0.25) is 10.0 Å². The third-order valence-electron chi connectivity index (χ3n) is 4.79. The number of rotatable bonds is 9. The number of para-hydroxylation sites is 1. The number of aromatic hydroxyl groups is 1. The second kappa shape index (κ2) is 9.97. The number of hydrogen-bond donors (Lipinski definition) is 2. The van der Waals surface area contributed by atoms with Crippen LogP contribution in [0.5, 0.6) is 11.5 Å². The number of sulfonamides is 1. The fourth-order valence-corrected chi connectivity index (χ4v) is 5.32. The Hall–Kier alpha value is -3.16. The number of fused-ring (bicyclic) bond motifs is 1. The first-order chi connectivity index (χ1) is 15.5. The van der Waals surface area contributed by atoms with Crippen molar-refractivity contribution in [3.05, 3.63) is 91.0 Å². The summed E-state index contributed by atoms with van der Waals surface area (Å²) in [6.07, 6.45) is 0.353. The summed E-state index contributed by atoms with van der Waals surface area (Å²) < 4.78 is 33.8. The Morgan fingerprint density at radius 2 is 1.47 bits per heavy atom. The summed E-state index contributed by atoms with van der Waals surface area (Å²) in [5.41, 5.74) is 0.445. The number of hydrogen-bond acceptors (Lipinski definition) is 5. The summed E-state index contributed by atoms with van der Waals surface area (Å²) in [6.45, 7) is 0.302. The smallest absolute Gasteiger partial charge is 0.232 e. The van der Waals surface area contributed by atoms with Crippen LogP contribution in [0.25, 0.3) is 10.8 Å². The van der Waals surface area contributed by atoms with E-state index in [1.165, 1.54) is 11.8 Å². The Bertz CT molecular complexity index is 1290. The third kappa shape index (κ3) is 5.55. The Kier molecular flexibility index (Phi) is 6.87. The maximum absolute atomic E-state index is 12.8. The van der Waals surface area contributed by atoms with Gasteiger partial charge in [0.15, 0.2) is 0 Å². The van der Waals surface area contributed by atoms with Crippen LogP contribution in [0.4, 0.5) is 5.69 Å². The van der Waals surface area contributed by atoms with E-state index in [1.807, 2.05) is 72.8 Å². The van der Waals surface area contributed by atoms with Crippen LogP contribution >= 0.6 is 11.8 Å². The van der Waals surface area contributed by atoms with E-state index in [0.29, 0.717) is 40.1 Å². The fourth-order valence-electron chi connectivity index (χ4n) is 3.29. The highest BCUT2D eigenvalue weighted by Gasteiger charge is 2.17. The molecule has 164 valence electrons. The Morgan fingerprint density at radius 3 is 2.19 bits per heavy atom. The minimum absolute atomic E-state index is 0.0732. The topological polar surface area (TPSA) is 75.6 Å². The van der Waals surface area contributed by atoms with Crippen LogP contribution in [0.15, 0.2) is 101 Å². The van der Waals surface area contributed by atoms with Gasteiger partial charge in [0.25, 0.3) is 0 Å². The molecule has 32 heavy (non-hydrogen) atoms. The highest BCUT2D eigenvalue weighted by molar-refractivity contribution is 7.99. The van der Waals surface area contributed by atoms with Crippen molar-refractivity contribution in [3.8, 4) is 11.5 Å². The highest BCUT2D eigenvalue weighted by atomic mass is 32.2. The molecule has 4 aromatic carbocycles.